The maximum Gasteiger partial charge on any atom is 0.199 e. The molecule has 2 aromatic carbocycles. The molecule has 0 spiro atoms. The summed E-state index contributed by atoms with van der Waals surface area (Å²) in [5.41, 5.74) is 10.5. The second-order valence-electron chi connectivity index (χ2n) is 3.96. The zero-order valence-corrected chi connectivity index (χ0v) is 9.58. The van der Waals surface area contributed by atoms with E-state index in [4.69, 9.17) is 11.5 Å². The van der Waals surface area contributed by atoms with Crippen LogP contribution >= 0.6 is 0 Å². The Hall–Kier alpha value is -2.50. The SMILES string of the molecule is Nc1cc(N)cc(C(=O)c2c(F)cc(F)cc2F)c1. The van der Waals surface area contributed by atoms with Crippen LogP contribution in [0, 0.1) is 17.5 Å². The predicted octanol–water partition coefficient (Wildman–Crippen LogP) is 2.50. The van der Waals surface area contributed by atoms with Gasteiger partial charge in [-0.3, -0.25) is 4.79 Å². The molecule has 4 N–H and O–H groups in total. The molecule has 0 fully saturated rings. The van der Waals surface area contributed by atoms with Gasteiger partial charge in [0.2, 0.25) is 0 Å². The maximum atomic E-state index is 13.5. The molecule has 0 unspecified atom stereocenters. The lowest BCUT2D eigenvalue weighted by atomic mass is 10.0. The second kappa shape index (κ2) is 4.64. The third-order valence-corrected chi connectivity index (χ3v) is 2.47. The molecule has 3 nitrogen and oxygen atoms in total. The smallest absolute Gasteiger partial charge is 0.199 e. The molecule has 0 heterocycles. The first-order valence-electron chi connectivity index (χ1n) is 5.24. The summed E-state index contributed by atoms with van der Waals surface area (Å²) in [6.45, 7) is 0. The fraction of sp³-hybridized carbons (Fsp3) is 0. The number of benzene rings is 2. The van der Waals surface area contributed by atoms with Crippen molar-refractivity contribution in [3.8, 4) is 0 Å². The van der Waals surface area contributed by atoms with E-state index in [0.717, 1.165) is 0 Å². The summed E-state index contributed by atoms with van der Waals surface area (Å²) < 4.78 is 39.7. The molecule has 0 saturated heterocycles. The molecule has 0 aliphatic rings. The minimum absolute atomic E-state index is 0.0677. The monoisotopic (exact) mass is 266 g/mol. The number of hydrogen-bond acceptors (Lipinski definition) is 3. The van der Waals surface area contributed by atoms with Crippen molar-refractivity contribution >= 4 is 17.2 Å². The van der Waals surface area contributed by atoms with Crippen LogP contribution in [-0.2, 0) is 0 Å². The Bertz CT molecular complexity index is 628. The Morgan fingerprint density at radius 3 is 1.79 bits per heavy atom. The lowest BCUT2D eigenvalue weighted by Gasteiger charge is -2.06. The van der Waals surface area contributed by atoms with Gasteiger partial charge < -0.3 is 11.5 Å². The van der Waals surface area contributed by atoms with Crippen molar-refractivity contribution in [2.75, 3.05) is 11.5 Å². The minimum Gasteiger partial charge on any atom is -0.399 e. The zero-order valence-electron chi connectivity index (χ0n) is 9.58. The van der Waals surface area contributed by atoms with E-state index in [9.17, 15) is 18.0 Å². The summed E-state index contributed by atoms with van der Waals surface area (Å²) in [7, 11) is 0. The summed E-state index contributed by atoms with van der Waals surface area (Å²) in [6.07, 6.45) is 0. The third-order valence-electron chi connectivity index (χ3n) is 2.47. The molecule has 19 heavy (non-hydrogen) atoms. The summed E-state index contributed by atoms with van der Waals surface area (Å²) in [5, 5.41) is 0. The Morgan fingerprint density at radius 2 is 1.32 bits per heavy atom. The largest absolute Gasteiger partial charge is 0.399 e. The molecule has 98 valence electrons. The summed E-state index contributed by atoms with van der Waals surface area (Å²) >= 11 is 0. The molecule has 2 rings (SSSR count). The number of anilines is 2. The maximum absolute atomic E-state index is 13.5. The van der Waals surface area contributed by atoms with Gasteiger partial charge >= 0.3 is 0 Å². The zero-order chi connectivity index (χ0) is 14.2. The third kappa shape index (κ3) is 2.52. The van der Waals surface area contributed by atoms with Crippen LogP contribution < -0.4 is 11.5 Å². The number of halogens is 3. The molecular formula is C13H9F3N2O. The Labute approximate surface area is 106 Å². The van der Waals surface area contributed by atoms with Gasteiger partial charge in [-0.05, 0) is 18.2 Å². The molecule has 0 aliphatic carbocycles. The van der Waals surface area contributed by atoms with Crippen LogP contribution in [0.3, 0.4) is 0 Å². The molecule has 2 aromatic rings. The topological polar surface area (TPSA) is 69.1 Å². The first-order chi connectivity index (χ1) is 8.88. The average Bonchev–Trinajstić information content (AvgIpc) is 2.25. The average molecular weight is 266 g/mol. The molecule has 0 aromatic heterocycles. The van der Waals surface area contributed by atoms with Gasteiger partial charge in [0.15, 0.2) is 5.78 Å². The highest BCUT2D eigenvalue weighted by molar-refractivity contribution is 6.10. The van der Waals surface area contributed by atoms with Crippen LogP contribution in [0.4, 0.5) is 24.5 Å². The van der Waals surface area contributed by atoms with Crippen LogP contribution in [0.15, 0.2) is 30.3 Å². The van der Waals surface area contributed by atoms with E-state index in [-0.39, 0.29) is 16.9 Å². The Morgan fingerprint density at radius 1 is 0.842 bits per heavy atom. The number of carbonyl (C=O) groups is 1. The highest BCUT2D eigenvalue weighted by Gasteiger charge is 2.20. The van der Waals surface area contributed by atoms with E-state index in [1.54, 1.807) is 0 Å². The lowest BCUT2D eigenvalue weighted by Crippen LogP contribution is -2.09. The normalized spacial score (nSPS) is 10.5. The number of rotatable bonds is 2. The summed E-state index contributed by atoms with van der Waals surface area (Å²) in [4.78, 5) is 12.0. The van der Waals surface area contributed by atoms with E-state index in [2.05, 4.69) is 0 Å². The van der Waals surface area contributed by atoms with Gasteiger partial charge in [-0.1, -0.05) is 0 Å². The Balaban J connectivity index is 2.56. The second-order valence-corrected chi connectivity index (χ2v) is 3.96. The molecule has 0 aliphatic heterocycles. The number of nitrogens with two attached hydrogens (primary N) is 2. The van der Waals surface area contributed by atoms with Gasteiger partial charge in [-0.25, -0.2) is 13.2 Å². The molecule has 0 amide bonds. The van der Waals surface area contributed by atoms with Gasteiger partial charge in [0.1, 0.15) is 17.5 Å². The van der Waals surface area contributed by atoms with Gasteiger partial charge in [0, 0.05) is 29.1 Å². The van der Waals surface area contributed by atoms with Gasteiger partial charge in [-0.15, -0.1) is 0 Å². The standard InChI is InChI=1S/C13H9F3N2O/c14-7-3-10(15)12(11(16)4-7)13(19)6-1-8(17)5-9(18)2-6/h1-5H,17-18H2. The summed E-state index contributed by atoms with van der Waals surface area (Å²) in [6, 6.07) is 4.74. The van der Waals surface area contributed by atoms with Gasteiger partial charge in [-0.2, -0.15) is 0 Å². The van der Waals surface area contributed by atoms with Crippen molar-refractivity contribution < 1.29 is 18.0 Å². The molecular weight excluding hydrogens is 257 g/mol. The first kappa shape index (κ1) is 12.9. The molecule has 0 bridgehead atoms. The number of nitrogen functional groups attached to an aromatic ring is 2. The number of ketones is 1. The first-order valence-corrected chi connectivity index (χ1v) is 5.24. The molecule has 6 heteroatoms. The molecule has 0 atom stereocenters. The van der Waals surface area contributed by atoms with Crippen molar-refractivity contribution in [2.45, 2.75) is 0 Å². The van der Waals surface area contributed by atoms with Crippen molar-refractivity contribution in [1.82, 2.24) is 0 Å². The van der Waals surface area contributed by atoms with E-state index in [1.165, 1.54) is 18.2 Å². The molecule has 0 saturated carbocycles. The van der Waals surface area contributed by atoms with E-state index in [1.807, 2.05) is 0 Å². The van der Waals surface area contributed by atoms with Gasteiger partial charge in [0.25, 0.3) is 0 Å². The fourth-order valence-electron chi connectivity index (χ4n) is 1.71. The minimum atomic E-state index is -1.27. The van der Waals surface area contributed by atoms with E-state index < -0.39 is 28.8 Å². The lowest BCUT2D eigenvalue weighted by molar-refractivity contribution is 0.103. The van der Waals surface area contributed by atoms with Crippen molar-refractivity contribution in [3.63, 3.8) is 0 Å². The van der Waals surface area contributed by atoms with E-state index >= 15 is 0 Å². The number of hydrogen-bond donors (Lipinski definition) is 2. The highest BCUT2D eigenvalue weighted by atomic mass is 19.1. The van der Waals surface area contributed by atoms with Crippen LogP contribution in [-0.4, -0.2) is 5.78 Å². The van der Waals surface area contributed by atoms with Gasteiger partial charge in [0.05, 0.1) is 5.56 Å². The fourth-order valence-corrected chi connectivity index (χ4v) is 1.71. The molecule has 0 radical (unpaired) electrons. The van der Waals surface area contributed by atoms with Crippen LogP contribution in [0.1, 0.15) is 15.9 Å². The van der Waals surface area contributed by atoms with Crippen LogP contribution in [0.5, 0.6) is 0 Å². The summed E-state index contributed by atoms with van der Waals surface area (Å²) in [5.74, 6) is -4.60. The van der Waals surface area contributed by atoms with Crippen LogP contribution in [0.25, 0.3) is 0 Å². The van der Waals surface area contributed by atoms with Crippen molar-refractivity contribution in [2.24, 2.45) is 0 Å². The van der Waals surface area contributed by atoms with E-state index in [0.29, 0.717) is 12.1 Å². The number of carbonyl (C=O) groups excluding carboxylic acids is 1. The highest BCUT2D eigenvalue weighted by Crippen LogP contribution is 2.21. The van der Waals surface area contributed by atoms with Crippen molar-refractivity contribution in [1.29, 1.82) is 0 Å². The van der Waals surface area contributed by atoms with Crippen LogP contribution in [0.2, 0.25) is 0 Å². The quantitative estimate of drug-likeness (QED) is 0.648. The predicted molar refractivity (Wildman–Crippen MR) is 65.0 cm³/mol. The van der Waals surface area contributed by atoms with Crippen molar-refractivity contribution in [3.05, 3.63) is 58.9 Å². The Kier molecular flexibility index (Phi) is 3.16.